The van der Waals surface area contributed by atoms with Gasteiger partial charge >= 0.3 is 0 Å². The lowest BCUT2D eigenvalue weighted by molar-refractivity contribution is 0.302. The summed E-state index contributed by atoms with van der Waals surface area (Å²) in [6.07, 6.45) is 6.59. The van der Waals surface area contributed by atoms with Crippen molar-refractivity contribution in [3.63, 3.8) is 0 Å². The van der Waals surface area contributed by atoms with Crippen LogP contribution in [-0.4, -0.2) is 24.6 Å². The molecule has 0 amide bonds. The average molecular weight is 333 g/mol. The molecular weight excluding hydrogens is 306 g/mol. The number of ether oxygens (including phenoxy) is 1. The van der Waals surface area contributed by atoms with Crippen LogP contribution in [0.1, 0.15) is 25.0 Å². The van der Waals surface area contributed by atoms with Crippen LogP contribution < -0.4 is 4.74 Å². The summed E-state index contributed by atoms with van der Waals surface area (Å²) in [4.78, 5) is 2.49. The van der Waals surface area contributed by atoms with Gasteiger partial charge in [-0.25, -0.2) is 0 Å². The van der Waals surface area contributed by atoms with Crippen molar-refractivity contribution in [1.82, 2.24) is 4.90 Å². The molecule has 1 unspecified atom stereocenters. The van der Waals surface area contributed by atoms with E-state index >= 15 is 0 Å². The fraction of sp³-hybridized carbons (Fsp3) is 0.304. The highest BCUT2D eigenvalue weighted by Gasteiger charge is 2.22. The first-order valence-electron chi connectivity index (χ1n) is 8.95. The van der Waals surface area contributed by atoms with Crippen LogP contribution in [-0.2, 0) is 12.8 Å². The topological polar surface area (TPSA) is 12.5 Å². The summed E-state index contributed by atoms with van der Waals surface area (Å²) in [7, 11) is 1.71. The average Bonchev–Trinajstić information content (AvgIpc) is 2.66. The maximum Gasteiger partial charge on any atom is 0.118 e. The van der Waals surface area contributed by atoms with Crippen LogP contribution in [0.5, 0.6) is 5.75 Å². The Labute approximate surface area is 151 Å². The van der Waals surface area contributed by atoms with Crippen LogP contribution in [0.2, 0.25) is 0 Å². The zero-order valence-electron chi connectivity index (χ0n) is 15.4. The maximum absolute atomic E-state index is 5.28. The predicted octanol–water partition coefficient (Wildman–Crippen LogP) is 5.01. The van der Waals surface area contributed by atoms with Crippen molar-refractivity contribution in [2.75, 3.05) is 13.7 Å². The monoisotopic (exact) mass is 333 g/mol. The molecule has 1 aliphatic heterocycles. The van der Waals surface area contributed by atoms with Crippen molar-refractivity contribution < 1.29 is 4.74 Å². The standard InChI is InChI=1S/C23H27NO/c1-18-13-15-24(16-14-20-7-5-4-6-8-20)23(19(18)2)17-21-9-11-22(25-3)12-10-21/h4-13,15,23H,14,16-17H2,1-3H3. The summed E-state index contributed by atoms with van der Waals surface area (Å²) in [5, 5.41) is 0. The van der Waals surface area contributed by atoms with Gasteiger partial charge < -0.3 is 9.64 Å². The minimum absolute atomic E-state index is 0.419. The Balaban J connectivity index is 1.73. The van der Waals surface area contributed by atoms with E-state index in [1.807, 2.05) is 12.1 Å². The molecule has 2 heteroatoms. The lowest BCUT2D eigenvalue weighted by atomic mass is 9.92. The largest absolute Gasteiger partial charge is 0.497 e. The molecule has 0 saturated heterocycles. The molecule has 130 valence electrons. The molecule has 2 aromatic rings. The zero-order chi connectivity index (χ0) is 17.6. The lowest BCUT2D eigenvalue weighted by Crippen LogP contribution is -2.37. The van der Waals surface area contributed by atoms with Crippen molar-refractivity contribution in [2.45, 2.75) is 32.7 Å². The van der Waals surface area contributed by atoms with Crippen LogP contribution in [0.3, 0.4) is 0 Å². The van der Waals surface area contributed by atoms with Crippen molar-refractivity contribution in [3.8, 4) is 5.75 Å². The third-order valence-corrected chi connectivity index (χ3v) is 5.13. The molecule has 2 nitrogen and oxygen atoms in total. The Kier molecular flexibility index (Phi) is 5.60. The molecule has 0 saturated carbocycles. The molecule has 0 aromatic heterocycles. The van der Waals surface area contributed by atoms with Crippen LogP contribution in [0, 0.1) is 0 Å². The Morgan fingerprint density at radius 2 is 1.64 bits per heavy atom. The summed E-state index contributed by atoms with van der Waals surface area (Å²) in [6.45, 7) is 5.51. The zero-order valence-corrected chi connectivity index (χ0v) is 15.4. The van der Waals surface area contributed by atoms with E-state index in [0.29, 0.717) is 6.04 Å². The Morgan fingerprint density at radius 1 is 0.920 bits per heavy atom. The van der Waals surface area contributed by atoms with E-state index in [1.165, 1.54) is 22.3 Å². The molecule has 1 atom stereocenters. The van der Waals surface area contributed by atoms with E-state index in [9.17, 15) is 0 Å². The molecule has 2 aromatic carbocycles. The fourth-order valence-electron chi connectivity index (χ4n) is 3.34. The minimum Gasteiger partial charge on any atom is -0.497 e. The van der Waals surface area contributed by atoms with Gasteiger partial charge in [0.1, 0.15) is 5.75 Å². The van der Waals surface area contributed by atoms with E-state index in [-0.39, 0.29) is 0 Å². The summed E-state index contributed by atoms with van der Waals surface area (Å²) < 4.78 is 5.28. The van der Waals surface area contributed by atoms with Crippen LogP contribution in [0.25, 0.3) is 0 Å². The van der Waals surface area contributed by atoms with Crippen LogP contribution in [0.15, 0.2) is 78.0 Å². The van der Waals surface area contributed by atoms with Crippen LogP contribution in [0.4, 0.5) is 0 Å². The van der Waals surface area contributed by atoms with Gasteiger partial charge in [0, 0.05) is 6.54 Å². The molecular formula is C23H27NO. The lowest BCUT2D eigenvalue weighted by Gasteiger charge is -2.35. The number of benzene rings is 2. The molecule has 0 bridgehead atoms. The van der Waals surface area contributed by atoms with Gasteiger partial charge in [0.15, 0.2) is 0 Å². The van der Waals surface area contributed by atoms with Gasteiger partial charge in [-0.2, -0.15) is 0 Å². The van der Waals surface area contributed by atoms with E-state index in [4.69, 9.17) is 4.74 Å². The SMILES string of the molecule is COc1ccc(CC2C(C)=C(C)C=CN2CCc2ccccc2)cc1. The summed E-state index contributed by atoms with van der Waals surface area (Å²) in [6, 6.07) is 19.6. The van der Waals surface area contributed by atoms with Crippen molar-refractivity contribution in [2.24, 2.45) is 0 Å². The van der Waals surface area contributed by atoms with Gasteiger partial charge in [-0.15, -0.1) is 0 Å². The number of nitrogens with zero attached hydrogens (tertiary/aromatic N) is 1. The van der Waals surface area contributed by atoms with E-state index in [0.717, 1.165) is 25.1 Å². The van der Waals surface area contributed by atoms with E-state index in [2.05, 4.69) is 73.5 Å². The van der Waals surface area contributed by atoms with Gasteiger partial charge in [0.25, 0.3) is 0 Å². The molecule has 3 rings (SSSR count). The number of methoxy groups -OCH3 is 1. The van der Waals surface area contributed by atoms with Crippen molar-refractivity contribution >= 4 is 0 Å². The molecule has 0 fully saturated rings. The normalized spacial score (nSPS) is 17.1. The highest BCUT2D eigenvalue weighted by Crippen LogP contribution is 2.25. The van der Waals surface area contributed by atoms with Gasteiger partial charge in [-0.3, -0.25) is 0 Å². The second-order valence-electron chi connectivity index (χ2n) is 6.72. The van der Waals surface area contributed by atoms with Crippen molar-refractivity contribution in [3.05, 3.63) is 89.1 Å². The molecule has 0 spiro atoms. The maximum atomic E-state index is 5.28. The Morgan fingerprint density at radius 3 is 2.32 bits per heavy atom. The van der Waals surface area contributed by atoms with Gasteiger partial charge in [0.05, 0.1) is 13.2 Å². The number of hydrogen-bond acceptors (Lipinski definition) is 2. The molecule has 25 heavy (non-hydrogen) atoms. The second-order valence-corrected chi connectivity index (χ2v) is 6.72. The van der Waals surface area contributed by atoms with Gasteiger partial charge in [-0.05, 0) is 73.4 Å². The van der Waals surface area contributed by atoms with E-state index < -0.39 is 0 Å². The predicted molar refractivity (Wildman–Crippen MR) is 105 cm³/mol. The van der Waals surface area contributed by atoms with Gasteiger partial charge in [0.2, 0.25) is 0 Å². The third kappa shape index (κ3) is 4.33. The molecule has 0 aliphatic carbocycles. The highest BCUT2D eigenvalue weighted by molar-refractivity contribution is 5.34. The summed E-state index contributed by atoms with van der Waals surface area (Å²) >= 11 is 0. The minimum atomic E-state index is 0.419. The molecule has 0 radical (unpaired) electrons. The number of rotatable bonds is 6. The summed E-state index contributed by atoms with van der Waals surface area (Å²) in [5.41, 5.74) is 5.59. The summed E-state index contributed by atoms with van der Waals surface area (Å²) in [5.74, 6) is 0.914. The fourth-order valence-corrected chi connectivity index (χ4v) is 3.34. The first-order valence-corrected chi connectivity index (χ1v) is 8.95. The Bertz CT molecular complexity index is 743. The Hall–Kier alpha value is -2.48. The first-order chi connectivity index (χ1) is 12.2. The van der Waals surface area contributed by atoms with Crippen LogP contribution >= 0.6 is 0 Å². The second kappa shape index (κ2) is 8.06. The molecule has 1 aliphatic rings. The quantitative estimate of drug-likeness (QED) is 0.736. The van der Waals surface area contributed by atoms with E-state index in [1.54, 1.807) is 7.11 Å². The molecule has 1 heterocycles. The first kappa shape index (κ1) is 17.3. The third-order valence-electron chi connectivity index (χ3n) is 5.13. The van der Waals surface area contributed by atoms with Gasteiger partial charge in [-0.1, -0.05) is 42.5 Å². The van der Waals surface area contributed by atoms with Crippen molar-refractivity contribution in [1.29, 1.82) is 0 Å². The number of hydrogen-bond donors (Lipinski definition) is 0. The number of allylic oxidation sites excluding steroid dienone is 2. The smallest absolute Gasteiger partial charge is 0.118 e. The molecule has 0 N–H and O–H groups in total. The highest BCUT2D eigenvalue weighted by atomic mass is 16.5.